The van der Waals surface area contributed by atoms with Crippen LogP contribution in [0.2, 0.25) is 0 Å². The summed E-state index contributed by atoms with van der Waals surface area (Å²) in [7, 11) is 0. The van der Waals surface area contributed by atoms with Gasteiger partial charge >= 0.3 is 0 Å². The fourth-order valence-electron chi connectivity index (χ4n) is 3.24. The second-order valence-corrected chi connectivity index (χ2v) is 8.30. The zero-order valence-electron chi connectivity index (χ0n) is 18.3. The largest absolute Gasteiger partial charge is 0.494 e. The van der Waals surface area contributed by atoms with Gasteiger partial charge in [-0.1, -0.05) is 56.3 Å². The van der Waals surface area contributed by atoms with Crippen LogP contribution in [-0.2, 0) is 17.8 Å². The minimum Gasteiger partial charge on any atom is -0.494 e. The lowest BCUT2D eigenvalue weighted by Gasteiger charge is -2.24. The van der Waals surface area contributed by atoms with Gasteiger partial charge in [-0.2, -0.15) is 0 Å². The molecule has 0 spiro atoms. The molecule has 0 aliphatic rings. The first-order valence-electron chi connectivity index (χ1n) is 10.7. The molecule has 0 amide bonds. The minimum absolute atomic E-state index is 0.108. The van der Waals surface area contributed by atoms with Crippen molar-refractivity contribution in [3.8, 4) is 17.2 Å². The molecule has 0 bridgehead atoms. The van der Waals surface area contributed by atoms with E-state index in [2.05, 4.69) is 32.0 Å². The Labute approximate surface area is 180 Å². The fourth-order valence-corrected chi connectivity index (χ4v) is 3.24. The highest BCUT2D eigenvalue weighted by molar-refractivity contribution is 5.33. The van der Waals surface area contributed by atoms with E-state index in [-0.39, 0.29) is 5.41 Å². The van der Waals surface area contributed by atoms with E-state index in [0.29, 0.717) is 19.8 Å². The molecule has 0 aromatic heterocycles. The average Bonchev–Trinajstić information content (AvgIpc) is 2.74. The molecule has 0 aliphatic carbocycles. The lowest BCUT2D eigenvalue weighted by molar-refractivity contribution is 0.0472. The van der Waals surface area contributed by atoms with Gasteiger partial charge in [-0.3, -0.25) is 0 Å². The monoisotopic (exact) mass is 404 g/mol. The Morgan fingerprint density at radius 2 is 1.47 bits per heavy atom. The Hall–Kier alpha value is -2.78. The van der Waals surface area contributed by atoms with Crippen molar-refractivity contribution < 1.29 is 14.2 Å². The molecular weight excluding hydrogens is 372 g/mol. The van der Waals surface area contributed by atoms with Crippen LogP contribution in [-0.4, -0.2) is 13.2 Å². The van der Waals surface area contributed by atoms with Gasteiger partial charge in [0.15, 0.2) is 0 Å². The van der Waals surface area contributed by atoms with Crippen molar-refractivity contribution in [3.05, 3.63) is 90.0 Å². The molecule has 158 valence electrons. The van der Waals surface area contributed by atoms with Crippen LogP contribution in [0.15, 0.2) is 78.9 Å². The first-order chi connectivity index (χ1) is 14.5. The van der Waals surface area contributed by atoms with Crippen LogP contribution in [0.4, 0.5) is 0 Å². The summed E-state index contributed by atoms with van der Waals surface area (Å²) in [6.45, 7) is 8.52. The molecule has 3 heteroatoms. The maximum atomic E-state index is 6.05. The molecule has 3 aromatic carbocycles. The Morgan fingerprint density at radius 3 is 2.20 bits per heavy atom. The second-order valence-electron chi connectivity index (χ2n) is 8.30. The number of hydrogen-bond acceptors (Lipinski definition) is 3. The van der Waals surface area contributed by atoms with Crippen molar-refractivity contribution in [3.63, 3.8) is 0 Å². The molecular formula is C27H32O3. The van der Waals surface area contributed by atoms with Crippen molar-refractivity contribution in [1.29, 1.82) is 0 Å². The summed E-state index contributed by atoms with van der Waals surface area (Å²) in [5.74, 6) is 2.60. The molecule has 0 saturated carbocycles. The fraction of sp³-hybridized carbons (Fsp3) is 0.333. The summed E-state index contributed by atoms with van der Waals surface area (Å²) in [5, 5.41) is 0. The summed E-state index contributed by atoms with van der Waals surface area (Å²) in [4.78, 5) is 0. The molecule has 0 fully saturated rings. The lowest BCUT2D eigenvalue weighted by atomic mass is 9.87. The Balaban J connectivity index is 1.45. The molecule has 0 saturated heterocycles. The SMILES string of the molecule is CCOc1ccc(CCC(C)(C)COCc2cccc(Oc3ccccc3)c2)cc1. The predicted octanol–water partition coefficient (Wildman–Crippen LogP) is 7.05. The van der Waals surface area contributed by atoms with Gasteiger partial charge in [0.05, 0.1) is 19.8 Å². The van der Waals surface area contributed by atoms with E-state index in [4.69, 9.17) is 14.2 Å². The third kappa shape index (κ3) is 7.23. The molecule has 0 aliphatic heterocycles. The van der Waals surface area contributed by atoms with E-state index in [1.807, 2.05) is 67.6 Å². The number of rotatable bonds is 11. The Bertz CT molecular complexity index is 885. The highest BCUT2D eigenvalue weighted by Gasteiger charge is 2.18. The highest BCUT2D eigenvalue weighted by Crippen LogP contribution is 2.26. The Morgan fingerprint density at radius 1 is 0.733 bits per heavy atom. The van der Waals surface area contributed by atoms with Crippen LogP contribution >= 0.6 is 0 Å². The number of hydrogen-bond donors (Lipinski definition) is 0. The van der Waals surface area contributed by atoms with E-state index in [9.17, 15) is 0 Å². The summed E-state index contributed by atoms with van der Waals surface area (Å²) in [5.41, 5.74) is 2.56. The molecule has 3 rings (SSSR count). The molecule has 0 radical (unpaired) electrons. The van der Waals surface area contributed by atoms with E-state index < -0.39 is 0 Å². The van der Waals surface area contributed by atoms with Crippen LogP contribution in [0.3, 0.4) is 0 Å². The molecule has 0 unspecified atom stereocenters. The van der Waals surface area contributed by atoms with Crippen molar-refractivity contribution >= 4 is 0 Å². The summed E-state index contributed by atoms with van der Waals surface area (Å²) < 4.78 is 17.5. The summed E-state index contributed by atoms with van der Waals surface area (Å²) in [6.07, 6.45) is 2.10. The van der Waals surface area contributed by atoms with Crippen molar-refractivity contribution in [1.82, 2.24) is 0 Å². The molecule has 0 atom stereocenters. The molecule has 0 N–H and O–H groups in total. The number of aryl methyl sites for hydroxylation is 1. The van der Waals surface area contributed by atoms with E-state index in [1.54, 1.807) is 0 Å². The summed E-state index contributed by atoms with van der Waals surface area (Å²) >= 11 is 0. The number of benzene rings is 3. The van der Waals surface area contributed by atoms with E-state index >= 15 is 0 Å². The Kier molecular flexibility index (Phi) is 7.92. The van der Waals surface area contributed by atoms with Gasteiger partial charge in [-0.25, -0.2) is 0 Å². The first-order valence-corrected chi connectivity index (χ1v) is 10.7. The third-order valence-electron chi connectivity index (χ3n) is 4.96. The van der Waals surface area contributed by atoms with Gasteiger partial charge in [-0.05, 0) is 72.7 Å². The van der Waals surface area contributed by atoms with Crippen LogP contribution < -0.4 is 9.47 Å². The quantitative estimate of drug-likeness (QED) is 0.342. The lowest BCUT2D eigenvalue weighted by Crippen LogP contribution is -2.20. The van der Waals surface area contributed by atoms with Crippen molar-refractivity contribution in [2.24, 2.45) is 5.41 Å². The second kappa shape index (κ2) is 10.8. The van der Waals surface area contributed by atoms with Crippen LogP contribution in [0.1, 0.15) is 38.3 Å². The predicted molar refractivity (Wildman–Crippen MR) is 122 cm³/mol. The van der Waals surface area contributed by atoms with Gasteiger partial charge in [0.25, 0.3) is 0 Å². The molecule has 3 aromatic rings. The highest BCUT2D eigenvalue weighted by atomic mass is 16.5. The standard InChI is InChI=1S/C27H32O3/c1-4-29-24-15-13-22(14-16-24)17-18-27(2,3)21-28-20-23-9-8-12-26(19-23)30-25-10-6-5-7-11-25/h5-16,19H,4,17-18,20-21H2,1-3H3. The zero-order chi connectivity index (χ0) is 21.2. The number of para-hydroxylation sites is 1. The minimum atomic E-state index is 0.108. The first kappa shape index (κ1) is 21.9. The molecule has 0 heterocycles. The van der Waals surface area contributed by atoms with Gasteiger partial charge in [0, 0.05) is 0 Å². The maximum Gasteiger partial charge on any atom is 0.127 e. The topological polar surface area (TPSA) is 27.7 Å². The van der Waals surface area contributed by atoms with Gasteiger partial charge in [0.1, 0.15) is 17.2 Å². The number of ether oxygens (including phenoxy) is 3. The van der Waals surface area contributed by atoms with Gasteiger partial charge in [-0.15, -0.1) is 0 Å². The van der Waals surface area contributed by atoms with E-state index in [1.165, 1.54) is 5.56 Å². The molecule has 30 heavy (non-hydrogen) atoms. The van der Waals surface area contributed by atoms with Crippen molar-refractivity contribution in [2.45, 2.75) is 40.2 Å². The molecule has 3 nitrogen and oxygen atoms in total. The summed E-state index contributed by atoms with van der Waals surface area (Å²) in [6, 6.07) is 26.3. The van der Waals surface area contributed by atoms with Crippen molar-refractivity contribution in [2.75, 3.05) is 13.2 Å². The van der Waals surface area contributed by atoms with Gasteiger partial charge < -0.3 is 14.2 Å². The van der Waals surface area contributed by atoms with Crippen LogP contribution in [0.5, 0.6) is 17.2 Å². The van der Waals surface area contributed by atoms with E-state index in [0.717, 1.165) is 35.7 Å². The average molecular weight is 405 g/mol. The normalized spacial score (nSPS) is 11.3. The smallest absolute Gasteiger partial charge is 0.127 e. The zero-order valence-corrected chi connectivity index (χ0v) is 18.3. The van der Waals surface area contributed by atoms with Gasteiger partial charge in [0.2, 0.25) is 0 Å². The van der Waals surface area contributed by atoms with Crippen LogP contribution in [0.25, 0.3) is 0 Å². The third-order valence-corrected chi connectivity index (χ3v) is 4.96. The maximum absolute atomic E-state index is 6.05. The van der Waals surface area contributed by atoms with Crippen LogP contribution in [0, 0.1) is 5.41 Å².